The molecule has 1 N–H and O–H groups in total. The summed E-state index contributed by atoms with van der Waals surface area (Å²) in [7, 11) is 0. The van der Waals surface area contributed by atoms with E-state index in [1.807, 2.05) is 36.4 Å². The molecule has 1 aromatic heterocycles. The molecule has 0 saturated heterocycles. The van der Waals surface area contributed by atoms with Gasteiger partial charge in [-0.05, 0) is 41.8 Å². The molecule has 0 radical (unpaired) electrons. The number of aromatic amines is 1. The highest BCUT2D eigenvalue weighted by molar-refractivity contribution is 6.31. The SMILES string of the molecule is N#Cc1ccc2[nH]cc(C3=CCN(Cc4ccccc4Cl)CC3)c2c1. The van der Waals surface area contributed by atoms with Crippen LogP contribution in [0.5, 0.6) is 0 Å². The summed E-state index contributed by atoms with van der Waals surface area (Å²) in [5, 5.41) is 11.1. The monoisotopic (exact) mass is 347 g/mol. The van der Waals surface area contributed by atoms with Gasteiger partial charge in [-0.2, -0.15) is 5.26 Å². The molecule has 4 heteroatoms. The Hall–Kier alpha value is -2.54. The average molecular weight is 348 g/mol. The second-order valence-corrected chi connectivity index (χ2v) is 6.79. The van der Waals surface area contributed by atoms with Crippen LogP contribution in [0.2, 0.25) is 5.02 Å². The molecule has 0 bridgehead atoms. The molecule has 1 aliphatic heterocycles. The second-order valence-electron chi connectivity index (χ2n) is 6.38. The molecule has 2 aromatic carbocycles. The molecular formula is C21H18ClN3. The summed E-state index contributed by atoms with van der Waals surface area (Å²) in [5.41, 5.74) is 5.51. The maximum atomic E-state index is 9.14. The van der Waals surface area contributed by atoms with Gasteiger partial charge in [0.2, 0.25) is 0 Å². The molecule has 3 aromatic rings. The Kier molecular flexibility index (Phi) is 4.31. The Morgan fingerprint density at radius 2 is 2.08 bits per heavy atom. The molecule has 0 fully saturated rings. The molecule has 0 saturated carbocycles. The number of nitriles is 1. The lowest BCUT2D eigenvalue weighted by Crippen LogP contribution is -2.28. The van der Waals surface area contributed by atoms with Crippen LogP contribution in [0.4, 0.5) is 0 Å². The van der Waals surface area contributed by atoms with Gasteiger partial charge in [0, 0.05) is 47.3 Å². The molecule has 0 aliphatic carbocycles. The van der Waals surface area contributed by atoms with Crippen molar-refractivity contribution in [2.45, 2.75) is 13.0 Å². The molecule has 0 unspecified atom stereocenters. The number of benzene rings is 2. The van der Waals surface area contributed by atoms with E-state index in [-0.39, 0.29) is 0 Å². The van der Waals surface area contributed by atoms with Crippen molar-refractivity contribution in [2.75, 3.05) is 13.1 Å². The van der Waals surface area contributed by atoms with Crippen molar-refractivity contribution < 1.29 is 0 Å². The Balaban J connectivity index is 1.55. The number of hydrogen-bond acceptors (Lipinski definition) is 2. The normalized spacial score (nSPS) is 15.1. The Morgan fingerprint density at radius 3 is 2.84 bits per heavy atom. The van der Waals surface area contributed by atoms with Crippen molar-refractivity contribution in [3.63, 3.8) is 0 Å². The third-order valence-electron chi connectivity index (χ3n) is 4.80. The predicted molar refractivity (Wildman–Crippen MR) is 102 cm³/mol. The fourth-order valence-electron chi connectivity index (χ4n) is 3.42. The lowest BCUT2D eigenvalue weighted by Gasteiger charge is -2.26. The molecule has 2 heterocycles. The number of H-pyrrole nitrogens is 1. The van der Waals surface area contributed by atoms with E-state index < -0.39 is 0 Å². The van der Waals surface area contributed by atoms with Gasteiger partial charge in [-0.15, -0.1) is 0 Å². The summed E-state index contributed by atoms with van der Waals surface area (Å²) in [6.45, 7) is 2.78. The zero-order chi connectivity index (χ0) is 17.2. The quantitative estimate of drug-likeness (QED) is 0.725. The molecule has 0 spiro atoms. The molecule has 4 rings (SSSR count). The average Bonchev–Trinajstić information content (AvgIpc) is 3.07. The second kappa shape index (κ2) is 6.76. The van der Waals surface area contributed by atoms with E-state index in [4.69, 9.17) is 16.9 Å². The van der Waals surface area contributed by atoms with Crippen LogP contribution in [-0.4, -0.2) is 23.0 Å². The number of nitrogens with zero attached hydrogens (tertiary/aromatic N) is 2. The van der Waals surface area contributed by atoms with Gasteiger partial charge >= 0.3 is 0 Å². The van der Waals surface area contributed by atoms with Crippen LogP contribution in [0, 0.1) is 11.3 Å². The number of halogens is 1. The highest BCUT2D eigenvalue weighted by Crippen LogP contribution is 2.30. The van der Waals surface area contributed by atoms with E-state index >= 15 is 0 Å². The topological polar surface area (TPSA) is 42.8 Å². The maximum absolute atomic E-state index is 9.14. The van der Waals surface area contributed by atoms with Gasteiger partial charge in [-0.1, -0.05) is 35.9 Å². The standard InChI is InChI=1S/C21H18ClN3/c22-20-4-2-1-3-17(20)14-25-9-7-16(8-10-25)19-13-24-21-6-5-15(12-23)11-18(19)21/h1-7,11,13,24H,8-10,14H2. The molecule has 25 heavy (non-hydrogen) atoms. The minimum absolute atomic E-state index is 0.699. The highest BCUT2D eigenvalue weighted by Gasteiger charge is 2.16. The summed E-state index contributed by atoms with van der Waals surface area (Å²) in [6.07, 6.45) is 5.34. The van der Waals surface area contributed by atoms with Gasteiger partial charge in [-0.25, -0.2) is 0 Å². The molecule has 0 amide bonds. The molecule has 0 atom stereocenters. The molecule has 3 nitrogen and oxygen atoms in total. The highest BCUT2D eigenvalue weighted by atomic mass is 35.5. The van der Waals surface area contributed by atoms with Gasteiger partial charge in [0.15, 0.2) is 0 Å². The number of rotatable bonds is 3. The number of fused-ring (bicyclic) bond motifs is 1. The van der Waals surface area contributed by atoms with Crippen molar-refractivity contribution in [3.05, 3.63) is 76.5 Å². The first-order valence-electron chi connectivity index (χ1n) is 8.41. The molecule has 124 valence electrons. The van der Waals surface area contributed by atoms with Crippen LogP contribution >= 0.6 is 11.6 Å². The first-order chi connectivity index (χ1) is 12.2. The summed E-state index contributed by atoms with van der Waals surface area (Å²) in [4.78, 5) is 5.72. The van der Waals surface area contributed by atoms with E-state index in [9.17, 15) is 0 Å². The van der Waals surface area contributed by atoms with Crippen LogP contribution in [0.25, 0.3) is 16.5 Å². The Labute approximate surface area is 152 Å². The molecule has 1 aliphatic rings. The van der Waals surface area contributed by atoms with E-state index in [0.29, 0.717) is 5.56 Å². The van der Waals surface area contributed by atoms with Gasteiger partial charge in [-0.3, -0.25) is 4.90 Å². The van der Waals surface area contributed by atoms with Gasteiger partial charge in [0.25, 0.3) is 0 Å². The van der Waals surface area contributed by atoms with E-state index in [1.54, 1.807) is 0 Å². The van der Waals surface area contributed by atoms with E-state index in [2.05, 4.69) is 34.3 Å². The largest absolute Gasteiger partial charge is 0.361 e. The number of nitrogens with one attached hydrogen (secondary N) is 1. The molecular weight excluding hydrogens is 330 g/mol. The van der Waals surface area contributed by atoms with E-state index in [1.165, 1.54) is 16.7 Å². The minimum Gasteiger partial charge on any atom is -0.361 e. The maximum Gasteiger partial charge on any atom is 0.0991 e. The van der Waals surface area contributed by atoms with Crippen LogP contribution < -0.4 is 0 Å². The summed E-state index contributed by atoms with van der Waals surface area (Å²) < 4.78 is 0. The zero-order valence-corrected chi connectivity index (χ0v) is 14.6. The third kappa shape index (κ3) is 3.19. The Bertz CT molecular complexity index is 994. The predicted octanol–water partition coefficient (Wildman–Crippen LogP) is 4.98. The van der Waals surface area contributed by atoms with Crippen LogP contribution in [0.15, 0.2) is 54.7 Å². The van der Waals surface area contributed by atoms with Crippen molar-refractivity contribution >= 4 is 28.1 Å². The lowest BCUT2D eigenvalue weighted by atomic mass is 9.98. The van der Waals surface area contributed by atoms with E-state index in [0.717, 1.165) is 42.0 Å². The van der Waals surface area contributed by atoms with Crippen molar-refractivity contribution in [3.8, 4) is 6.07 Å². The fourth-order valence-corrected chi connectivity index (χ4v) is 3.62. The van der Waals surface area contributed by atoms with Crippen LogP contribution in [0.3, 0.4) is 0 Å². The summed E-state index contributed by atoms with van der Waals surface area (Å²) in [6, 6.07) is 16.1. The van der Waals surface area contributed by atoms with Crippen molar-refractivity contribution in [2.24, 2.45) is 0 Å². The lowest BCUT2D eigenvalue weighted by molar-refractivity contribution is 0.294. The first-order valence-corrected chi connectivity index (χ1v) is 8.79. The van der Waals surface area contributed by atoms with Crippen molar-refractivity contribution in [1.29, 1.82) is 5.26 Å². The zero-order valence-electron chi connectivity index (χ0n) is 13.8. The number of hydrogen-bond donors (Lipinski definition) is 1. The summed E-state index contributed by atoms with van der Waals surface area (Å²) in [5.74, 6) is 0. The fraction of sp³-hybridized carbons (Fsp3) is 0.190. The van der Waals surface area contributed by atoms with Gasteiger partial charge < -0.3 is 4.98 Å². The smallest absolute Gasteiger partial charge is 0.0991 e. The number of aromatic nitrogens is 1. The van der Waals surface area contributed by atoms with Crippen LogP contribution in [0.1, 0.15) is 23.1 Å². The first kappa shape index (κ1) is 16.0. The van der Waals surface area contributed by atoms with Gasteiger partial charge in [0.1, 0.15) is 0 Å². The third-order valence-corrected chi connectivity index (χ3v) is 5.17. The van der Waals surface area contributed by atoms with Crippen molar-refractivity contribution in [1.82, 2.24) is 9.88 Å². The Morgan fingerprint density at radius 1 is 1.20 bits per heavy atom. The summed E-state index contributed by atoms with van der Waals surface area (Å²) >= 11 is 6.27. The minimum atomic E-state index is 0.699. The van der Waals surface area contributed by atoms with Crippen LogP contribution in [-0.2, 0) is 6.54 Å². The van der Waals surface area contributed by atoms with Gasteiger partial charge in [0.05, 0.1) is 11.6 Å².